The molecule has 0 aromatic heterocycles. The van der Waals surface area contributed by atoms with Crippen molar-refractivity contribution in [2.24, 2.45) is 23.7 Å². The molecule has 2 aromatic rings. The quantitative estimate of drug-likeness (QED) is 0.413. The highest BCUT2D eigenvalue weighted by Gasteiger charge is 2.46. The fraction of sp³-hybridized carbons (Fsp3) is 0.649. The number of sulfonamides is 1. The third-order valence-corrected chi connectivity index (χ3v) is 14.3. The van der Waals surface area contributed by atoms with Crippen molar-refractivity contribution in [3.63, 3.8) is 0 Å². The van der Waals surface area contributed by atoms with Crippen LogP contribution in [0.3, 0.4) is 0 Å². The molecule has 1 spiro atoms. The summed E-state index contributed by atoms with van der Waals surface area (Å²) in [6, 6.07) is 11.8. The summed E-state index contributed by atoms with van der Waals surface area (Å²) in [6.45, 7) is 6.97. The second kappa shape index (κ2) is 13.7. The topological polar surface area (TPSA) is 106 Å². The van der Waals surface area contributed by atoms with Crippen molar-refractivity contribution < 1.29 is 27.4 Å². The van der Waals surface area contributed by atoms with Crippen LogP contribution in [0.1, 0.15) is 80.3 Å². The Balaban J connectivity index is 1.27. The Morgan fingerprint density at radius 1 is 1.00 bits per heavy atom. The van der Waals surface area contributed by atoms with Gasteiger partial charge in [0.15, 0.2) is 6.29 Å². The minimum absolute atomic E-state index is 0.122. The molecule has 1 saturated heterocycles. The molecule has 3 heterocycles. The lowest BCUT2D eigenvalue weighted by Gasteiger charge is -2.49. The summed E-state index contributed by atoms with van der Waals surface area (Å²) >= 11 is 6.46. The average Bonchev–Trinajstić information content (AvgIpc) is 3.21. The lowest BCUT2D eigenvalue weighted by atomic mass is 9.64. The first kappa shape index (κ1) is 34.1. The van der Waals surface area contributed by atoms with Gasteiger partial charge >= 0.3 is 0 Å². The van der Waals surface area contributed by atoms with Crippen molar-refractivity contribution in [1.29, 1.82) is 0 Å². The molecule has 3 aliphatic heterocycles. The number of ether oxygens (including phenoxy) is 3. The number of aryl methyl sites for hydroxylation is 1. The van der Waals surface area contributed by atoms with Crippen LogP contribution in [0.2, 0.25) is 5.02 Å². The Hall–Kier alpha value is -2.37. The maximum absolute atomic E-state index is 13.5. The molecule has 2 aliphatic carbocycles. The summed E-state index contributed by atoms with van der Waals surface area (Å²) in [6.07, 6.45) is 7.48. The third-order valence-electron chi connectivity index (χ3n) is 12.2. The number of hydrogen-bond acceptors (Lipinski definition) is 8. The van der Waals surface area contributed by atoms with Crippen LogP contribution < -0.4 is 19.7 Å². The second-order valence-corrected chi connectivity index (χ2v) is 17.5. The van der Waals surface area contributed by atoms with E-state index < -0.39 is 21.2 Å². The predicted octanol–water partition coefficient (Wildman–Crippen LogP) is 5.68. The van der Waals surface area contributed by atoms with E-state index in [0.29, 0.717) is 37.2 Å². The van der Waals surface area contributed by atoms with Crippen molar-refractivity contribution in [1.82, 2.24) is 10.0 Å². The highest BCUT2D eigenvalue weighted by molar-refractivity contribution is 7.90. The zero-order chi connectivity index (χ0) is 33.6. The summed E-state index contributed by atoms with van der Waals surface area (Å²) in [5.74, 6) is 1.05. The molecule has 262 valence electrons. The van der Waals surface area contributed by atoms with Gasteiger partial charge in [0.1, 0.15) is 5.75 Å². The molecule has 11 heteroatoms. The number of amides is 1. The predicted molar refractivity (Wildman–Crippen MR) is 187 cm³/mol. The molecule has 2 bridgehead atoms. The summed E-state index contributed by atoms with van der Waals surface area (Å²) in [5.41, 5.74) is 3.48. The lowest BCUT2D eigenvalue weighted by molar-refractivity contribution is -0.231. The highest BCUT2D eigenvalue weighted by Crippen LogP contribution is 2.49. The average molecular weight is 700 g/mol. The molecule has 9 nitrogen and oxygen atoms in total. The smallest absolute Gasteiger partial charge is 0.264 e. The van der Waals surface area contributed by atoms with Crippen molar-refractivity contribution in [3.05, 3.63) is 58.1 Å². The molecule has 5 aliphatic rings. The van der Waals surface area contributed by atoms with Crippen LogP contribution in [-0.2, 0) is 31.3 Å². The van der Waals surface area contributed by atoms with Crippen LogP contribution >= 0.6 is 11.6 Å². The van der Waals surface area contributed by atoms with E-state index in [0.717, 1.165) is 80.9 Å². The zero-order valence-electron chi connectivity index (χ0n) is 28.4. The molecule has 2 fully saturated rings. The van der Waals surface area contributed by atoms with Gasteiger partial charge in [0.25, 0.3) is 5.91 Å². The van der Waals surface area contributed by atoms with Gasteiger partial charge < -0.3 is 24.4 Å². The number of hydrogen-bond donors (Lipinski definition) is 2. The summed E-state index contributed by atoms with van der Waals surface area (Å²) in [5, 5.41) is 3.30. The summed E-state index contributed by atoms with van der Waals surface area (Å²) in [4.78, 5) is 16.0. The van der Waals surface area contributed by atoms with Gasteiger partial charge in [-0.15, -0.1) is 0 Å². The molecule has 1 amide bonds. The fourth-order valence-electron chi connectivity index (χ4n) is 8.90. The first-order chi connectivity index (χ1) is 23.1. The maximum atomic E-state index is 13.5. The van der Waals surface area contributed by atoms with Crippen LogP contribution in [0.25, 0.3) is 0 Å². The molecular formula is C37H50ClN3O6S. The largest absolute Gasteiger partial charge is 0.490 e. The number of nitrogens with zero attached hydrogens (tertiary/aromatic N) is 1. The van der Waals surface area contributed by atoms with E-state index in [1.165, 1.54) is 11.1 Å². The number of halogens is 1. The van der Waals surface area contributed by atoms with E-state index >= 15 is 0 Å². The lowest BCUT2D eigenvalue weighted by Crippen LogP contribution is -2.52. The minimum Gasteiger partial charge on any atom is -0.490 e. The monoisotopic (exact) mass is 699 g/mol. The Morgan fingerprint density at radius 2 is 1.81 bits per heavy atom. The van der Waals surface area contributed by atoms with Crippen molar-refractivity contribution in [2.75, 3.05) is 44.9 Å². The highest BCUT2D eigenvalue weighted by atomic mass is 35.5. The van der Waals surface area contributed by atoms with E-state index in [2.05, 4.69) is 27.1 Å². The van der Waals surface area contributed by atoms with E-state index in [4.69, 9.17) is 25.8 Å². The van der Waals surface area contributed by atoms with E-state index in [-0.39, 0.29) is 29.6 Å². The first-order valence-corrected chi connectivity index (χ1v) is 19.8. The van der Waals surface area contributed by atoms with Gasteiger partial charge in [0, 0.05) is 35.0 Å². The standard InChI is InChI=1S/C37H50ClN3O6S/c1-23-6-4-8-31(36-45-19-29(39-3)20-46-36)30-12-9-27(30)18-41-21-37(15-5-7-25-16-28(38)11-13-32(25)37)22-47-34-14-10-26(17-33(34)41)35(42)40-48(43,44)24(23)2/h10-11,13-14,16-17,23-24,27,29-31,36,39H,4-9,12,15,18-22H2,1-3H3,(H,40,42)/t23-,24+,27-,29?,30+,31+,36?,37-/m0/s1. The molecular weight excluding hydrogens is 650 g/mol. The Bertz CT molecular complexity index is 1610. The maximum Gasteiger partial charge on any atom is 0.264 e. The second-order valence-electron chi connectivity index (χ2n) is 15.1. The van der Waals surface area contributed by atoms with Gasteiger partial charge in [-0.2, -0.15) is 0 Å². The molecule has 0 unspecified atom stereocenters. The van der Waals surface area contributed by atoms with Gasteiger partial charge in [-0.3, -0.25) is 4.79 Å². The Labute approximate surface area is 290 Å². The molecule has 7 rings (SSSR count). The molecule has 2 aromatic carbocycles. The van der Waals surface area contributed by atoms with Gasteiger partial charge in [0.05, 0.1) is 36.8 Å². The van der Waals surface area contributed by atoms with E-state index in [1.54, 1.807) is 13.0 Å². The number of nitrogens with one attached hydrogen (secondary N) is 2. The van der Waals surface area contributed by atoms with E-state index in [9.17, 15) is 13.2 Å². The summed E-state index contributed by atoms with van der Waals surface area (Å²) < 4.78 is 48.7. The molecule has 1 saturated carbocycles. The number of fused-ring (bicyclic) bond motifs is 4. The number of benzene rings is 2. The van der Waals surface area contributed by atoms with Crippen molar-refractivity contribution in [2.45, 2.75) is 88.2 Å². The minimum atomic E-state index is -3.90. The molecule has 6 atom stereocenters. The van der Waals surface area contributed by atoms with Gasteiger partial charge in [-0.05, 0) is 118 Å². The number of carbonyl (C=O) groups excluding carboxylic acids is 1. The van der Waals surface area contributed by atoms with Crippen LogP contribution in [0, 0.1) is 23.7 Å². The fourth-order valence-corrected chi connectivity index (χ4v) is 10.4. The number of likely N-dealkylation sites (N-methyl/N-ethyl adjacent to an activating group) is 1. The van der Waals surface area contributed by atoms with E-state index in [1.807, 2.05) is 32.2 Å². The summed E-state index contributed by atoms with van der Waals surface area (Å²) in [7, 11) is -1.96. The molecule has 48 heavy (non-hydrogen) atoms. The molecule has 2 N–H and O–H groups in total. The normalized spacial score (nSPS) is 35.3. The number of carbonyl (C=O) groups is 1. The third kappa shape index (κ3) is 6.60. The SMILES string of the molecule is CNC1COC([C@@H]2CCC[C@H](C)[C@@H](C)S(=O)(=O)NC(=O)c3ccc4c(c3)N(C[C@@H]3CC[C@H]32)C[C@@]2(CCCc3cc(Cl)ccc32)CO4)OC1. The van der Waals surface area contributed by atoms with Crippen LogP contribution in [0.4, 0.5) is 5.69 Å². The van der Waals surface area contributed by atoms with Gasteiger partial charge in [-0.1, -0.05) is 31.0 Å². The van der Waals surface area contributed by atoms with Gasteiger partial charge in [0.2, 0.25) is 10.0 Å². The Kier molecular flexibility index (Phi) is 9.76. The van der Waals surface area contributed by atoms with Crippen LogP contribution in [0.5, 0.6) is 5.75 Å². The number of anilines is 1. The number of rotatable bonds is 2. The Morgan fingerprint density at radius 3 is 2.56 bits per heavy atom. The van der Waals surface area contributed by atoms with Crippen molar-refractivity contribution in [3.8, 4) is 5.75 Å². The van der Waals surface area contributed by atoms with Crippen LogP contribution in [0.15, 0.2) is 36.4 Å². The molecule has 0 radical (unpaired) electrons. The van der Waals surface area contributed by atoms with Gasteiger partial charge in [-0.25, -0.2) is 13.1 Å². The van der Waals surface area contributed by atoms with Crippen molar-refractivity contribution >= 4 is 33.2 Å². The first-order valence-electron chi connectivity index (χ1n) is 17.8. The zero-order valence-corrected chi connectivity index (χ0v) is 30.0. The van der Waals surface area contributed by atoms with Crippen LogP contribution in [-0.4, -0.2) is 71.9 Å².